The highest BCUT2D eigenvalue weighted by atomic mass is 16.8. The lowest BCUT2D eigenvalue weighted by molar-refractivity contribution is -0.390. The average molecular weight is 1200 g/mol. The largest absolute Gasteiger partial charge is 0.394 e. The molecule has 36 nitrogen and oxygen atoms in total. The summed E-state index contributed by atoms with van der Waals surface area (Å²) in [6.45, 7) is -0.233. The molecule has 0 aromatic rings. The Kier molecular flexibility index (Phi) is 23.5. The molecular formula is C46H78N2O34. The van der Waals surface area contributed by atoms with Crippen LogP contribution in [0.2, 0.25) is 0 Å². The van der Waals surface area contributed by atoms with E-state index in [4.69, 9.17) is 61.6 Å². The highest BCUT2D eigenvalue weighted by molar-refractivity contribution is 5.73. The van der Waals surface area contributed by atoms with Gasteiger partial charge in [-0.3, -0.25) is 9.59 Å². The van der Waals surface area contributed by atoms with Gasteiger partial charge in [-0.2, -0.15) is 0 Å². The van der Waals surface area contributed by atoms with Gasteiger partial charge in [0.25, 0.3) is 0 Å². The number of aliphatic hydroxyl groups is 19. The van der Waals surface area contributed by atoms with E-state index in [1.807, 2.05) is 0 Å². The van der Waals surface area contributed by atoms with E-state index < -0.39 is 260 Å². The minimum Gasteiger partial charge on any atom is -0.394 e. The van der Waals surface area contributed by atoms with Crippen molar-refractivity contribution in [3.63, 3.8) is 0 Å². The predicted octanol–water partition coefficient (Wildman–Crippen LogP) is -13.9. The third-order valence-electron chi connectivity index (χ3n) is 15.3. The number of rotatable bonds is 19. The van der Waals surface area contributed by atoms with Gasteiger partial charge in [-0.25, -0.2) is 0 Å². The van der Waals surface area contributed by atoms with Gasteiger partial charge in [0.05, 0.1) is 45.2 Å². The number of nitrogens with one attached hydrogen (secondary N) is 2. The van der Waals surface area contributed by atoms with Crippen molar-refractivity contribution >= 4 is 11.8 Å². The van der Waals surface area contributed by atoms with Crippen LogP contribution in [0.3, 0.4) is 0 Å². The molecular weight excluding hydrogens is 1120 g/mol. The number of ether oxygens (including phenoxy) is 13. The maximum Gasteiger partial charge on any atom is 0.217 e. The van der Waals surface area contributed by atoms with Gasteiger partial charge in [-0.1, -0.05) is 0 Å². The molecule has 0 spiro atoms. The summed E-state index contributed by atoms with van der Waals surface area (Å²) in [5.41, 5.74) is 0. The predicted molar refractivity (Wildman–Crippen MR) is 252 cm³/mol. The first-order chi connectivity index (χ1) is 38.7. The first-order valence-corrected chi connectivity index (χ1v) is 26.3. The van der Waals surface area contributed by atoms with Crippen LogP contribution in [0.4, 0.5) is 0 Å². The van der Waals surface area contributed by atoms with Crippen molar-refractivity contribution in [3.8, 4) is 0 Å². The number of hydrogen-bond acceptors (Lipinski definition) is 34. The van der Waals surface area contributed by atoms with Crippen molar-refractivity contribution in [2.75, 3.05) is 33.0 Å². The van der Waals surface area contributed by atoms with E-state index in [-0.39, 0.29) is 0 Å². The number of carbonyl (C=O) groups is 2. The summed E-state index contributed by atoms with van der Waals surface area (Å²) in [5.74, 6) is -1.66. The second-order valence-electron chi connectivity index (χ2n) is 21.0. The lowest BCUT2D eigenvalue weighted by Crippen LogP contribution is -2.70. The molecule has 476 valence electrons. The van der Waals surface area contributed by atoms with E-state index >= 15 is 0 Å². The minimum absolute atomic E-state index is 0.820. The Bertz CT molecular complexity index is 2030. The smallest absolute Gasteiger partial charge is 0.217 e. The van der Waals surface area contributed by atoms with Crippen LogP contribution in [-0.4, -0.2) is 357 Å². The molecule has 0 saturated carbocycles. The van der Waals surface area contributed by atoms with Crippen molar-refractivity contribution < 1.29 is 168 Å². The van der Waals surface area contributed by atoms with Gasteiger partial charge < -0.3 is 169 Å². The van der Waals surface area contributed by atoms with Crippen LogP contribution in [-0.2, 0) is 71.2 Å². The van der Waals surface area contributed by atoms with Gasteiger partial charge in [0.1, 0.15) is 159 Å². The quantitative estimate of drug-likeness (QED) is 0.0571. The fourth-order valence-electron chi connectivity index (χ4n) is 10.5. The maximum atomic E-state index is 12.7. The second-order valence-corrected chi connectivity index (χ2v) is 21.0. The van der Waals surface area contributed by atoms with Gasteiger partial charge in [0.15, 0.2) is 44.0 Å². The monoisotopic (exact) mass is 1200 g/mol. The second kappa shape index (κ2) is 28.7. The summed E-state index contributed by atoms with van der Waals surface area (Å²) in [6, 6.07) is -3.42. The molecule has 0 aromatic heterocycles. The Morgan fingerprint density at radius 1 is 0.341 bits per heavy atom. The Morgan fingerprint density at radius 2 is 0.683 bits per heavy atom. The molecule has 7 fully saturated rings. The molecule has 36 heteroatoms. The molecule has 2 amide bonds. The SMILES string of the molecule is CC(=O)N[C@H]1[C@H](O[C@@H]2[C@@H](OC[C@H]3O[C@H](O)[C@@H](O)[C@@H](O[C@H]4O[C@H](CO)[C@@H](O)[C@H](O)[C@@H]4O[C@@H]4O[C@H](CO)[C@@H](O)[C@H](O[C@@H]5O[C@@H](C)[C@@H](O)[C@@H](O)[C@@H]5O)[C@H]4NC(C)=O)[C@@H]3O)O[C@H](CO)[C@@H](O)[C@@H]2O)O[C@H](CO)[C@@H](O)[C@@H]1O[C@@H]1O[C@@H](C)[C@@H](O)[C@@H](O)[C@@H]1O. The molecule has 82 heavy (non-hydrogen) atoms. The summed E-state index contributed by atoms with van der Waals surface area (Å²) in [5, 5.41) is 211. The van der Waals surface area contributed by atoms with Crippen LogP contribution in [0.15, 0.2) is 0 Å². The van der Waals surface area contributed by atoms with Crippen molar-refractivity contribution in [3.05, 3.63) is 0 Å². The highest BCUT2D eigenvalue weighted by Crippen LogP contribution is 2.37. The lowest BCUT2D eigenvalue weighted by atomic mass is 9.94. The summed E-state index contributed by atoms with van der Waals surface area (Å²) < 4.78 is 75.3. The van der Waals surface area contributed by atoms with Crippen molar-refractivity contribution in [1.82, 2.24) is 10.6 Å². The Balaban J connectivity index is 1.12. The lowest BCUT2D eigenvalue weighted by Gasteiger charge is -2.50. The van der Waals surface area contributed by atoms with E-state index in [1.54, 1.807) is 0 Å². The van der Waals surface area contributed by atoms with Crippen molar-refractivity contribution in [2.45, 2.75) is 243 Å². The third-order valence-corrected chi connectivity index (χ3v) is 15.3. The normalized spacial score (nSPS) is 51.3. The van der Waals surface area contributed by atoms with Gasteiger partial charge >= 0.3 is 0 Å². The molecule has 35 atom stereocenters. The highest BCUT2D eigenvalue weighted by Gasteiger charge is 2.58. The minimum atomic E-state index is -2.30. The first-order valence-electron chi connectivity index (χ1n) is 26.3. The Morgan fingerprint density at radius 3 is 1.09 bits per heavy atom. The van der Waals surface area contributed by atoms with Gasteiger partial charge in [-0.15, -0.1) is 0 Å². The fraction of sp³-hybridized carbons (Fsp3) is 0.957. The van der Waals surface area contributed by atoms with Crippen LogP contribution in [0.5, 0.6) is 0 Å². The van der Waals surface area contributed by atoms with Crippen molar-refractivity contribution in [2.24, 2.45) is 0 Å². The zero-order valence-corrected chi connectivity index (χ0v) is 44.4. The van der Waals surface area contributed by atoms with Crippen molar-refractivity contribution in [1.29, 1.82) is 0 Å². The molecule has 21 N–H and O–H groups in total. The molecule has 7 rings (SSSR count). The maximum absolute atomic E-state index is 12.7. The van der Waals surface area contributed by atoms with E-state index in [0.717, 1.165) is 13.8 Å². The molecule has 0 radical (unpaired) electrons. The van der Waals surface area contributed by atoms with Crippen LogP contribution in [0, 0.1) is 0 Å². The number of amides is 2. The van der Waals surface area contributed by atoms with Gasteiger partial charge in [0, 0.05) is 13.8 Å². The summed E-state index contributed by atoms with van der Waals surface area (Å²) in [6.07, 6.45) is -61.9. The number of aliphatic hydroxyl groups excluding tert-OH is 19. The molecule has 0 unspecified atom stereocenters. The molecule has 7 aliphatic rings. The fourth-order valence-corrected chi connectivity index (χ4v) is 10.5. The summed E-state index contributed by atoms with van der Waals surface area (Å²) in [7, 11) is 0. The first kappa shape index (κ1) is 67.2. The van der Waals surface area contributed by atoms with E-state index in [1.165, 1.54) is 13.8 Å². The number of hydrogen-bond donors (Lipinski definition) is 21. The third kappa shape index (κ3) is 14.3. The molecule has 7 heterocycles. The summed E-state index contributed by atoms with van der Waals surface area (Å²) >= 11 is 0. The van der Waals surface area contributed by atoms with Crippen LogP contribution >= 0.6 is 0 Å². The Labute approximate surface area is 465 Å². The van der Waals surface area contributed by atoms with Gasteiger partial charge in [-0.05, 0) is 13.8 Å². The molecule has 0 aliphatic carbocycles. The average Bonchev–Trinajstić information content (AvgIpc) is 2.87. The summed E-state index contributed by atoms with van der Waals surface area (Å²) in [4.78, 5) is 25.3. The zero-order valence-electron chi connectivity index (χ0n) is 44.4. The standard InChI is InChI=1S/C46H78N2O34/c1-10-21(55)28(62)32(66)43(71-10)78-35-19(47-12(3)53)41(74-16(7-51)25(35)59)81-38-30(64)23(57)14(5-49)76-45(38)70-9-18-27(61)37(34(68)40(69)73-18)80-46-39(31(65)24(58)15(6-50)77-46)82-42-20(48-13(4)54)36(26(60)17(8-52)75-42)79-44-33(67)29(63)22(56)11(2)72-44/h10-11,14-46,49-52,55-69H,5-9H2,1-4H3,(H,47,53)(H,48,54)/t10-,11-,14+,15+,16+,17+,18+,19+,20+,21+,22+,23+,24+,25+,26+,27+,28+,29+,30-,31-,32-,33-,34-,35+,36+,37-,38-,39-,40-,41-,42-,43-,44-,45-,46+/m0/s1. The van der Waals surface area contributed by atoms with E-state index in [0.29, 0.717) is 0 Å². The van der Waals surface area contributed by atoms with Crippen LogP contribution < -0.4 is 10.6 Å². The molecule has 7 aliphatic heterocycles. The van der Waals surface area contributed by atoms with Gasteiger partial charge in [0.2, 0.25) is 11.8 Å². The van der Waals surface area contributed by atoms with Crippen LogP contribution in [0.25, 0.3) is 0 Å². The van der Waals surface area contributed by atoms with E-state index in [2.05, 4.69) is 10.6 Å². The number of carbonyl (C=O) groups excluding carboxylic acids is 2. The Hall–Kier alpha value is -2.34. The van der Waals surface area contributed by atoms with E-state index in [9.17, 15) is 107 Å². The topological polar surface area (TPSA) is 563 Å². The molecule has 7 saturated heterocycles. The van der Waals surface area contributed by atoms with Crippen LogP contribution in [0.1, 0.15) is 27.7 Å². The zero-order chi connectivity index (χ0) is 60.5. The molecule has 0 aromatic carbocycles. The molecule has 0 bridgehead atoms.